The number of rotatable bonds is 6. The van der Waals surface area contributed by atoms with Crippen molar-refractivity contribution in [2.75, 3.05) is 31.1 Å². The summed E-state index contributed by atoms with van der Waals surface area (Å²) in [6, 6.07) is 8.48. The van der Waals surface area contributed by atoms with Gasteiger partial charge in [-0.2, -0.15) is 9.40 Å². The van der Waals surface area contributed by atoms with Gasteiger partial charge in [0.15, 0.2) is 0 Å². The lowest BCUT2D eigenvalue weighted by atomic mass is 10.1. The molecule has 36 heavy (non-hydrogen) atoms. The number of anilines is 1. The van der Waals surface area contributed by atoms with Crippen molar-refractivity contribution >= 4 is 38.9 Å². The molecule has 2 aliphatic heterocycles. The van der Waals surface area contributed by atoms with Gasteiger partial charge in [-0.1, -0.05) is 41.8 Å². The van der Waals surface area contributed by atoms with E-state index in [1.54, 1.807) is 34.6 Å². The second kappa shape index (κ2) is 10.4. The molecule has 0 amide bonds. The predicted molar refractivity (Wildman–Crippen MR) is 138 cm³/mol. The van der Waals surface area contributed by atoms with Crippen molar-refractivity contribution in [2.24, 2.45) is 0 Å². The van der Waals surface area contributed by atoms with E-state index < -0.39 is 15.6 Å². The second-order valence-electron chi connectivity index (χ2n) is 8.86. The Balaban J connectivity index is 1.31. The van der Waals surface area contributed by atoms with Crippen LogP contribution in [0.4, 0.5) is 5.69 Å². The minimum absolute atomic E-state index is 0.100. The molecule has 3 aromatic rings. The molecule has 0 saturated carbocycles. The predicted octanol–water partition coefficient (Wildman–Crippen LogP) is 3.97. The first kappa shape index (κ1) is 25.0. The summed E-state index contributed by atoms with van der Waals surface area (Å²) in [7, 11) is -3.51. The van der Waals surface area contributed by atoms with Crippen molar-refractivity contribution in [1.29, 1.82) is 0 Å². The molecule has 2 fully saturated rings. The smallest absolute Gasteiger partial charge is 0.285 e. The van der Waals surface area contributed by atoms with Gasteiger partial charge in [-0.3, -0.25) is 4.79 Å². The van der Waals surface area contributed by atoms with Crippen LogP contribution < -0.4 is 15.2 Å². The van der Waals surface area contributed by atoms with E-state index in [0.29, 0.717) is 54.8 Å². The molecule has 190 valence electrons. The van der Waals surface area contributed by atoms with Gasteiger partial charge < -0.3 is 9.64 Å². The van der Waals surface area contributed by atoms with Crippen molar-refractivity contribution < 1.29 is 13.2 Å². The Morgan fingerprint density at radius 3 is 2.53 bits per heavy atom. The number of ether oxygens (including phenoxy) is 1. The fraction of sp³-hybridized carbons (Fsp3) is 0.375. The van der Waals surface area contributed by atoms with E-state index in [4.69, 9.17) is 27.9 Å². The average molecular weight is 550 g/mol. The second-order valence-corrected chi connectivity index (χ2v) is 11.6. The number of halogens is 2. The number of piperidine rings is 1. The molecule has 2 saturated heterocycles. The van der Waals surface area contributed by atoms with Crippen molar-refractivity contribution in [2.45, 2.75) is 36.7 Å². The largest absolute Gasteiger partial charge is 0.472 e. The fourth-order valence-electron chi connectivity index (χ4n) is 4.57. The van der Waals surface area contributed by atoms with Gasteiger partial charge in [0, 0.05) is 37.7 Å². The summed E-state index contributed by atoms with van der Waals surface area (Å²) in [4.78, 5) is 18.3. The average Bonchev–Trinajstić information content (AvgIpc) is 3.35. The van der Waals surface area contributed by atoms with Crippen LogP contribution in [0.15, 0.2) is 52.4 Å². The highest BCUT2D eigenvalue weighted by molar-refractivity contribution is 7.89. The molecule has 0 aliphatic carbocycles. The first-order valence-corrected chi connectivity index (χ1v) is 13.9. The molecular weight excluding hydrogens is 525 g/mol. The Hall–Kier alpha value is -2.66. The lowest BCUT2D eigenvalue weighted by Crippen LogP contribution is -2.35. The summed E-state index contributed by atoms with van der Waals surface area (Å²) >= 11 is 12.6. The maximum Gasteiger partial charge on any atom is 0.285 e. The number of nitrogens with zero attached hydrogens (tertiary/aromatic N) is 4. The van der Waals surface area contributed by atoms with Crippen LogP contribution >= 0.6 is 23.2 Å². The van der Waals surface area contributed by atoms with E-state index in [2.05, 4.69) is 15.2 Å². The van der Waals surface area contributed by atoms with E-state index in [1.807, 2.05) is 4.90 Å². The molecule has 0 unspecified atom stereocenters. The molecule has 2 aliphatic rings. The minimum Gasteiger partial charge on any atom is -0.472 e. The van der Waals surface area contributed by atoms with Crippen molar-refractivity contribution in [3.05, 3.63) is 63.1 Å². The molecule has 9 nitrogen and oxygen atoms in total. The van der Waals surface area contributed by atoms with E-state index in [-0.39, 0.29) is 16.0 Å². The van der Waals surface area contributed by atoms with Crippen LogP contribution in [0.1, 0.15) is 25.7 Å². The zero-order valence-electron chi connectivity index (χ0n) is 19.4. The van der Waals surface area contributed by atoms with Gasteiger partial charge in [0.2, 0.25) is 15.9 Å². The van der Waals surface area contributed by atoms with Crippen molar-refractivity contribution in [3.63, 3.8) is 0 Å². The van der Waals surface area contributed by atoms with Crippen LogP contribution in [0.3, 0.4) is 0 Å². The summed E-state index contributed by atoms with van der Waals surface area (Å²) in [6.45, 7) is 2.29. The van der Waals surface area contributed by atoms with Gasteiger partial charge in [-0.25, -0.2) is 18.5 Å². The Morgan fingerprint density at radius 2 is 1.78 bits per heavy atom. The molecule has 12 heteroatoms. The molecule has 5 rings (SSSR count). The van der Waals surface area contributed by atoms with Crippen molar-refractivity contribution in [3.8, 4) is 17.0 Å². The number of nitrogens with one attached hydrogen (secondary N) is 1. The molecule has 1 N–H and O–H groups in total. The standard InChI is InChI=1S/C24H25Cl2N5O4S/c25-20-13-27-22(35-17-8-11-30(15-17)21-14-28-29-24(32)23(21)26)12-19(20)16-4-6-18(7-5-16)36(33,34)31-9-2-1-3-10-31/h4-7,12-14,17H,1-3,8-11,15H2,(H,29,32)/t17-/m1/s1. The van der Waals surface area contributed by atoms with Gasteiger partial charge in [0.1, 0.15) is 11.1 Å². The van der Waals surface area contributed by atoms with Gasteiger partial charge in [-0.15, -0.1) is 0 Å². The lowest BCUT2D eigenvalue weighted by molar-refractivity contribution is 0.216. The van der Waals surface area contributed by atoms with Gasteiger partial charge in [0.05, 0.1) is 34.5 Å². The number of benzene rings is 1. The summed E-state index contributed by atoms with van der Waals surface area (Å²) in [6.07, 6.45) is 6.43. The maximum atomic E-state index is 13.0. The summed E-state index contributed by atoms with van der Waals surface area (Å²) in [5.41, 5.74) is 1.59. The molecule has 1 aromatic carbocycles. The van der Waals surface area contributed by atoms with Crippen LogP contribution in [-0.2, 0) is 10.0 Å². The normalized spacial score (nSPS) is 18.9. The third-order valence-electron chi connectivity index (χ3n) is 6.50. The Bertz CT molecular complexity index is 1410. The first-order chi connectivity index (χ1) is 17.3. The quantitative estimate of drug-likeness (QED) is 0.495. The molecular formula is C24H25Cl2N5O4S. The minimum atomic E-state index is -3.51. The maximum absolute atomic E-state index is 13.0. The Morgan fingerprint density at radius 1 is 1.03 bits per heavy atom. The van der Waals surface area contributed by atoms with Gasteiger partial charge >= 0.3 is 0 Å². The van der Waals surface area contributed by atoms with Crippen LogP contribution in [-0.4, -0.2) is 60.2 Å². The van der Waals surface area contributed by atoms with Gasteiger partial charge in [0.25, 0.3) is 5.56 Å². The highest BCUT2D eigenvalue weighted by atomic mass is 35.5. The number of sulfonamides is 1. The van der Waals surface area contributed by atoms with Crippen molar-refractivity contribution in [1.82, 2.24) is 19.5 Å². The molecule has 0 bridgehead atoms. The highest BCUT2D eigenvalue weighted by Gasteiger charge is 2.28. The zero-order valence-corrected chi connectivity index (χ0v) is 21.7. The number of H-pyrrole nitrogens is 1. The molecule has 4 heterocycles. The number of pyridine rings is 1. The Labute approximate surface area is 219 Å². The zero-order chi connectivity index (χ0) is 25.3. The third kappa shape index (κ3) is 5.08. The van der Waals surface area contributed by atoms with Crippen LogP contribution in [0.2, 0.25) is 10.0 Å². The third-order valence-corrected chi connectivity index (χ3v) is 9.08. The summed E-state index contributed by atoms with van der Waals surface area (Å²) < 4.78 is 33.6. The van der Waals surface area contributed by atoms with Crippen LogP contribution in [0, 0.1) is 0 Å². The highest BCUT2D eigenvalue weighted by Crippen LogP contribution is 2.33. The SMILES string of the molecule is O=c1[nH]ncc(N2CC[C@@H](Oc3cc(-c4ccc(S(=O)(=O)N5CCCCC5)cc4)c(Cl)cn3)C2)c1Cl. The number of aromatic nitrogens is 3. The summed E-state index contributed by atoms with van der Waals surface area (Å²) in [5, 5.41) is 6.68. The Kier molecular flexibility index (Phi) is 7.21. The number of hydrogen-bond donors (Lipinski definition) is 1. The van der Waals surface area contributed by atoms with E-state index in [0.717, 1.165) is 24.8 Å². The summed E-state index contributed by atoms with van der Waals surface area (Å²) in [5.74, 6) is 0.404. The number of hydrogen-bond acceptors (Lipinski definition) is 7. The monoisotopic (exact) mass is 549 g/mol. The lowest BCUT2D eigenvalue weighted by Gasteiger charge is -2.25. The van der Waals surface area contributed by atoms with E-state index in [9.17, 15) is 13.2 Å². The molecule has 2 aromatic heterocycles. The topological polar surface area (TPSA) is 108 Å². The van der Waals surface area contributed by atoms with Crippen LogP contribution in [0.25, 0.3) is 11.1 Å². The molecule has 0 radical (unpaired) electrons. The first-order valence-electron chi connectivity index (χ1n) is 11.7. The van der Waals surface area contributed by atoms with Crippen LogP contribution in [0.5, 0.6) is 5.88 Å². The van der Waals surface area contributed by atoms with E-state index >= 15 is 0 Å². The van der Waals surface area contributed by atoms with E-state index in [1.165, 1.54) is 12.4 Å². The molecule has 0 spiro atoms. The molecule has 1 atom stereocenters. The number of aromatic amines is 1. The fourth-order valence-corrected chi connectivity index (χ4v) is 6.51. The van der Waals surface area contributed by atoms with Gasteiger partial charge in [-0.05, 0) is 30.5 Å².